The number of ether oxygens (including phenoxy) is 1. The minimum Gasteiger partial charge on any atom is -0.368 e. The Kier molecular flexibility index (Phi) is 3.01. The first kappa shape index (κ1) is 10.2. The van der Waals surface area contributed by atoms with Crippen LogP contribution >= 0.6 is 0 Å². The lowest BCUT2D eigenvalue weighted by Gasteiger charge is -2.25. The van der Waals surface area contributed by atoms with E-state index in [0.717, 1.165) is 0 Å². The van der Waals surface area contributed by atoms with E-state index in [4.69, 9.17) is 10.5 Å². The van der Waals surface area contributed by atoms with Gasteiger partial charge >= 0.3 is 0 Å². The first-order valence-electron chi connectivity index (χ1n) is 4.30. The molecule has 1 saturated heterocycles. The zero-order valence-corrected chi connectivity index (χ0v) is 7.66. The summed E-state index contributed by atoms with van der Waals surface area (Å²) >= 11 is 0. The highest BCUT2D eigenvalue weighted by Crippen LogP contribution is 2.26. The molecule has 0 aliphatic carbocycles. The molecular formula is C10H15NO2. The molecule has 0 radical (unpaired) electrons. The number of carbonyl (C=O) groups is 1. The van der Waals surface area contributed by atoms with Gasteiger partial charge in [-0.3, -0.25) is 4.79 Å². The van der Waals surface area contributed by atoms with Crippen molar-refractivity contribution in [1.29, 1.82) is 0 Å². The predicted octanol–water partition coefficient (Wildman–Crippen LogP) is 0.804. The fourth-order valence-corrected chi connectivity index (χ4v) is 1.55. The topological polar surface area (TPSA) is 52.3 Å². The number of Topliss-reactive ketones (excluding diaryl/α,β-unsaturated/α-hetero) is 1. The fourth-order valence-electron chi connectivity index (χ4n) is 1.55. The van der Waals surface area contributed by atoms with Gasteiger partial charge in [0, 0.05) is 0 Å². The number of carbonyl (C=O) groups excluding carboxylic acids is 1. The molecule has 0 aromatic carbocycles. The van der Waals surface area contributed by atoms with Crippen molar-refractivity contribution in [2.45, 2.75) is 24.5 Å². The van der Waals surface area contributed by atoms with Gasteiger partial charge in [-0.25, -0.2) is 0 Å². The lowest BCUT2D eigenvalue weighted by Crippen LogP contribution is -2.52. The van der Waals surface area contributed by atoms with Gasteiger partial charge in [-0.1, -0.05) is 12.2 Å². The van der Waals surface area contributed by atoms with E-state index in [0.29, 0.717) is 12.8 Å². The summed E-state index contributed by atoms with van der Waals surface area (Å²) < 4.78 is 5.28. The van der Waals surface area contributed by atoms with Crippen LogP contribution in [-0.4, -0.2) is 24.0 Å². The van der Waals surface area contributed by atoms with Crippen LogP contribution in [0.1, 0.15) is 12.8 Å². The van der Waals surface area contributed by atoms with E-state index in [1.807, 2.05) is 0 Å². The number of hydrogen-bond donors (Lipinski definition) is 1. The van der Waals surface area contributed by atoms with Crippen LogP contribution in [0.25, 0.3) is 0 Å². The maximum atomic E-state index is 11.4. The molecule has 1 aliphatic heterocycles. The third-order valence-corrected chi connectivity index (χ3v) is 2.37. The van der Waals surface area contributed by atoms with Gasteiger partial charge in [0.15, 0.2) is 5.78 Å². The van der Waals surface area contributed by atoms with Crippen molar-refractivity contribution in [2.24, 2.45) is 5.73 Å². The van der Waals surface area contributed by atoms with Crippen LogP contribution < -0.4 is 5.73 Å². The zero-order chi connectivity index (χ0) is 9.90. The van der Waals surface area contributed by atoms with E-state index in [9.17, 15) is 4.79 Å². The van der Waals surface area contributed by atoms with Crippen LogP contribution in [0.3, 0.4) is 0 Å². The van der Waals surface area contributed by atoms with E-state index in [-0.39, 0.29) is 18.5 Å². The third kappa shape index (κ3) is 1.71. The number of rotatable bonds is 4. The van der Waals surface area contributed by atoms with Gasteiger partial charge in [0.25, 0.3) is 0 Å². The van der Waals surface area contributed by atoms with Crippen molar-refractivity contribution >= 4 is 5.78 Å². The smallest absolute Gasteiger partial charge is 0.181 e. The Morgan fingerprint density at radius 3 is 2.85 bits per heavy atom. The number of ketones is 1. The minimum absolute atomic E-state index is 0.0424. The lowest BCUT2D eigenvalue weighted by molar-refractivity contribution is -0.121. The van der Waals surface area contributed by atoms with Gasteiger partial charge in [-0.2, -0.15) is 0 Å². The Morgan fingerprint density at radius 1 is 1.62 bits per heavy atom. The molecule has 3 heteroatoms. The summed E-state index contributed by atoms with van der Waals surface area (Å²) in [5, 5.41) is 0. The summed E-state index contributed by atoms with van der Waals surface area (Å²) in [5.41, 5.74) is 5.07. The normalized spacial score (nSPS) is 33.3. The van der Waals surface area contributed by atoms with Gasteiger partial charge in [0.1, 0.15) is 12.1 Å². The summed E-state index contributed by atoms with van der Waals surface area (Å²) in [6.07, 6.45) is 4.20. The van der Waals surface area contributed by atoms with Crippen LogP contribution in [0.4, 0.5) is 0 Å². The van der Waals surface area contributed by atoms with Gasteiger partial charge in [0.2, 0.25) is 0 Å². The Balaban J connectivity index is 2.79. The van der Waals surface area contributed by atoms with Crippen LogP contribution in [0.5, 0.6) is 0 Å². The zero-order valence-electron chi connectivity index (χ0n) is 7.66. The molecule has 0 spiro atoms. The molecule has 1 fully saturated rings. The van der Waals surface area contributed by atoms with E-state index in [1.165, 1.54) is 0 Å². The summed E-state index contributed by atoms with van der Waals surface area (Å²) in [5.74, 6) is -0.0424. The Hall–Kier alpha value is -0.930. The molecule has 1 aliphatic rings. The van der Waals surface area contributed by atoms with Crippen molar-refractivity contribution < 1.29 is 9.53 Å². The summed E-state index contributed by atoms with van der Waals surface area (Å²) in [7, 11) is 0. The van der Waals surface area contributed by atoms with Crippen molar-refractivity contribution in [3.8, 4) is 0 Å². The second kappa shape index (κ2) is 3.85. The predicted molar refractivity (Wildman–Crippen MR) is 51.3 cm³/mol. The average molecular weight is 181 g/mol. The van der Waals surface area contributed by atoms with Gasteiger partial charge in [-0.05, 0) is 12.8 Å². The Labute approximate surface area is 78.3 Å². The minimum atomic E-state index is -0.879. The first-order valence-corrected chi connectivity index (χ1v) is 4.30. The average Bonchev–Trinajstić information content (AvgIpc) is 2.34. The van der Waals surface area contributed by atoms with E-state index >= 15 is 0 Å². The molecule has 72 valence electrons. The Bertz CT molecular complexity index is 237. The van der Waals surface area contributed by atoms with Crippen LogP contribution in [0.2, 0.25) is 0 Å². The molecule has 0 bridgehead atoms. The van der Waals surface area contributed by atoms with Crippen LogP contribution in [0.15, 0.2) is 25.3 Å². The van der Waals surface area contributed by atoms with E-state index in [2.05, 4.69) is 13.2 Å². The van der Waals surface area contributed by atoms with E-state index in [1.54, 1.807) is 12.2 Å². The number of nitrogens with two attached hydrogens (primary N) is 1. The maximum Gasteiger partial charge on any atom is 0.181 e. The molecular weight excluding hydrogens is 166 g/mol. The molecule has 1 heterocycles. The second-order valence-corrected chi connectivity index (χ2v) is 3.28. The van der Waals surface area contributed by atoms with Crippen molar-refractivity contribution in [3.05, 3.63) is 25.3 Å². The highest BCUT2D eigenvalue weighted by atomic mass is 16.5. The van der Waals surface area contributed by atoms with Crippen LogP contribution in [0, 0.1) is 0 Å². The van der Waals surface area contributed by atoms with Gasteiger partial charge in [0.05, 0.1) is 6.10 Å². The molecule has 13 heavy (non-hydrogen) atoms. The Morgan fingerprint density at radius 2 is 2.31 bits per heavy atom. The maximum absolute atomic E-state index is 11.4. The van der Waals surface area contributed by atoms with Crippen molar-refractivity contribution in [1.82, 2.24) is 0 Å². The first-order chi connectivity index (χ1) is 6.15. The van der Waals surface area contributed by atoms with E-state index < -0.39 is 5.54 Å². The van der Waals surface area contributed by atoms with Crippen LogP contribution in [-0.2, 0) is 9.53 Å². The standard InChI is InChI=1S/C10H15NO2/c1-3-5-9-10(11,6-4-2)8(12)7-13-9/h3-4,9H,1-2,5-7,11H2. The van der Waals surface area contributed by atoms with Gasteiger partial charge < -0.3 is 10.5 Å². The number of hydrogen-bond acceptors (Lipinski definition) is 3. The molecule has 0 aromatic rings. The SMILES string of the molecule is C=CCC1OCC(=O)C1(N)CC=C. The monoisotopic (exact) mass is 181 g/mol. The third-order valence-electron chi connectivity index (χ3n) is 2.37. The molecule has 0 aromatic heterocycles. The highest BCUT2D eigenvalue weighted by molar-refractivity contribution is 5.92. The molecule has 2 N–H and O–H groups in total. The highest BCUT2D eigenvalue weighted by Gasteiger charge is 2.46. The molecule has 1 rings (SSSR count). The fraction of sp³-hybridized carbons (Fsp3) is 0.500. The summed E-state index contributed by atoms with van der Waals surface area (Å²) in [6, 6.07) is 0. The van der Waals surface area contributed by atoms with Crippen molar-refractivity contribution in [3.63, 3.8) is 0 Å². The largest absolute Gasteiger partial charge is 0.368 e. The molecule has 0 amide bonds. The van der Waals surface area contributed by atoms with Crippen molar-refractivity contribution in [2.75, 3.05) is 6.61 Å². The molecule has 2 atom stereocenters. The van der Waals surface area contributed by atoms with Gasteiger partial charge in [-0.15, -0.1) is 13.2 Å². The summed E-state index contributed by atoms with van der Waals surface area (Å²) in [4.78, 5) is 11.4. The summed E-state index contributed by atoms with van der Waals surface area (Å²) in [6.45, 7) is 7.30. The second-order valence-electron chi connectivity index (χ2n) is 3.28. The quantitative estimate of drug-likeness (QED) is 0.653. The molecule has 0 saturated carbocycles. The lowest BCUT2D eigenvalue weighted by atomic mass is 9.86. The molecule has 2 unspecified atom stereocenters. The molecule has 3 nitrogen and oxygen atoms in total.